The number of aliphatic hydroxyl groups excluding tert-OH is 2. The number of carbonyl (C=O) groups excluding carboxylic acids is 1. The molecule has 1 amide bonds. The van der Waals surface area contributed by atoms with Gasteiger partial charge in [0.2, 0.25) is 0 Å². The minimum Gasteiger partial charge on any atom is -0.394 e. The lowest BCUT2D eigenvalue weighted by Crippen LogP contribution is -2.55. The van der Waals surface area contributed by atoms with Crippen molar-refractivity contribution >= 4 is 40.9 Å². The average Bonchev–Trinajstić information content (AvgIpc) is 3.46. The summed E-state index contributed by atoms with van der Waals surface area (Å²) >= 11 is 13.1. The Kier molecular flexibility index (Phi) is 9.49. The van der Waals surface area contributed by atoms with Crippen LogP contribution in [0.2, 0.25) is 10.0 Å². The largest absolute Gasteiger partial charge is 0.394 e. The maximum absolute atomic E-state index is 14.1. The number of halogens is 4. The van der Waals surface area contributed by atoms with Gasteiger partial charge in [-0.1, -0.05) is 40.2 Å². The molecule has 14 heteroatoms. The molecule has 41 heavy (non-hydrogen) atoms. The Balaban J connectivity index is 1.46. The van der Waals surface area contributed by atoms with Crippen LogP contribution in [0.25, 0.3) is 11.3 Å². The summed E-state index contributed by atoms with van der Waals surface area (Å²) in [7, 11) is 1.43. The third kappa shape index (κ3) is 6.24. The predicted octanol–water partition coefficient (Wildman–Crippen LogP) is 4.58. The van der Waals surface area contributed by atoms with E-state index in [1.165, 1.54) is 29.8 Å². The Hall–Kier alpha value is -2.32. The third-order valence-corrected chi connectivity index (χ3v) is 9.05. The number of ether oxygens (including phenoxy) is 2. The van der Waals surface area contributed by atoms with Crippen LogP contribution in [0.5, 0.6) is 0 Å². The van der Waals surface area contributed by atoms with Crippen LogP contribution in [-0.4, -0.2) is 86.6 Å². The first kappa shape index (κ1) is 30.1. The second kappa shape index (κ2) is 12.9. The van der Waals surface area contributed by atoms with Crippen LogP contribution in [0.4, 0.5) is 8.78 Å². The van der Waals surface area contributed by atoms with E-state index in [1.807, 2.05) is 4.90 Å². The summed E-state index contributed by atoms with van der Waals surface area (Å²) in [5.41, 5.74) is -0.148. The molecule has 2 aliphatic rings. The minimum atomic E-state index is -1.29. The molecule has 2 fully saturated rings. The van der Waals surface area contributed by atoms with Gasteiger partial charge in [-0.05, 0) is 49.6 Å². The molecule has 5 rings (SSSR count). The van der Waals surface area contributed by atoms with E-state index < -0.39 is 53.1 Å². The molecule has 3 heterocycles. The first-order valence-corrected chi connectivity index (χ1v) is 14.6. The first-order chi connectivity index (χ1) is 19.7. The highest BCUT2D eigenvalue weighted by atomic mass is 35.5. The van der Waals surface area contributed by atoms with E-state index in [1.54, 1.807) is 18.2 Å². The molecule has 0 aliphatic carbocycles. The normalized spacial score (nSPS) is 25.0. The van der Waals surface area contributed by atoms with Crippen molar-refractivity contribution in [1.82, 2.24) is 19.9 Å². The summed E-state index contributed by atoms with van der Waals surface area (Å²) in [6.45, 7) is 0.821. The molecule has 2 aromatic carbocycles. The number of hydrogen-bond donors (Lipinski definition) is 2. The number of likely N-dealkylation sites (tertiary alicyclic amines) is 1. The van der Waals surface area contributed by atoms with Crippen molar-refractivity contribution in [1.29, 1.82) is 0 Å². The molecule has 2 aliphatic heterocycles. The number of benzene rings is 2. The second-order valence-electron chi connectivity index (χ2n) is 9.86. The molecule has 0 saturated carbocycles. The van der Waals surface area contributed by atoms with Crippen molar-refractivity contribution in [2.45, 2.75) is 53.9 Å². The minimum absolute atomic E-state index is 0.0931. The van der Waals surface area contributed by atoms with Gasteiger partial charge in [-0.15, -0.1) is 5.10 Å². The van der Waals surface area contributed by atoms with Crippen LogP contribution in [0.15, 0.2) is 41.4 Å². The fourth-order valence-electron chi connectivity index (χ4n) is 5.13. The van der Waals surface area contributed by atoms with Gasteiger partial charge in [-0.3, -0.25) is 4.79 Å². The number of methoxy groups -OCH3 is 1. The quantitative estimate of drug-likeness (QED) is 0.366. The Bertz CT molecular complexity index is 1390. The van der Waals surface area contributed by atoms with Gasteiger partial charge in [0.05, 0.1) is 18.4 Å². The van der Waals surface area contributed by atoms with E-state index in [0.717, 1.165) is 31.4 Å². The highest BCUT2D eigenvalue weighted by molar-refractivity contribution is 8.00. The van der Waals surface area contributed by atoms with Gasteiger partial charge in [0.1, 0.15) is 52.1 Å². The maximum Gasteiger partial charge on any atom is 0.254 e. The van der Waals surface area contributed by atoms with Crippen molar-refractivity contribution in [3.8, 4) is 11.3 Å². The smallest absolute Gasteiger partial charge is 0.254 e. The molecule has 0 spiro atoms. The monoisotopic (exact) mass is 628 g/mol. The van der Waals surface area contributed by atoms with Gasteiger partial charge in [0.15, 0.2) is 0 Å². The fraction of sp³-hybridized carbons (Fsp3) is 0.444. The van der Waals surface area contributed by atoms with Crippen molar-refractivity contribution in [2.75, 3.05) is 26.8 Å². The van der Waals surface area contributed by atoms with Crippen LogP contribution in [0.3, 0.4) is 0 Å². The SMILES string of the molecule is COC1C(Sc2cc(Cl)ccc2C(=O)N2CCCCC2)OC(CO)C(O)C1n1cc(-c2cc(F)c(Cl)c(F)c2)nn1. The lowest BCUT2D eigenvalue weighted by Gasteiger charge is -2.43. The molecule has 0 radical (unpaired) electrons. The van der Waals surface area contributed by atoms with Crippen molar-refractivity contribution in [3.05, 3.63) is 63.8 Å². The number of carbonyl (C=O) groups is 1. The summed E-state index contributed by atoms with van der Waals surface area (Å²) < 4.78 is 41.3. The number of rotatable bonds is 7. The zero-order valence-corrected chi connectivity index (χ0v) is 24.2. The second-order valence-corrected chi connectivity index (χ2v) is 11.8. The molecule has 5 atom stereocenters. The Morgan fingerprint density at radius 1 is 1.17 bits per heavy atom. The standard InChI is InChI=1S/C27H28Cl2F2N4O5S/c1-39-25-23(35-12-19(32-33-35)14-9-17(30)22(29)18(31)10-14)24(37)20(13-36)40-27(25)41-21-11-15(28)5-6-16(21)26(38)34-7-3-2-4-8-34/h5-6,9-12,20,23-25,27,36-37H,2-4,7-8,13H2,1H3. The van der Waals surface area contributed by atoms with E-state index >= 15 is 0 Å². The molecule has 9 nitrogen and oxygen atoms in total. The number of aromatic nitrogens is 3. The Labute approximate surface area is 249 Å². The zero-order chi connectivity index (χ0) is 29.3. The molecule has 2 N–H and O–H groups in total. The summed E-state index contributed by atoms with van der Waals surface area (Å²) in [4.78, 5) is 15.8. The summed E-state index contributed by atoms with van der Waals surface area (Å²) in [5.74, 6) is -2.03. The Morgan fingerprint density at radius 2 is 1.88 bits per heavy atom. The molecule has 0 bridgehead atoms. The van der Waals surface area contributed by atoms with Gasteiger partial charge in [0.25, 0.3) is 5.91 Å². The average molecular weight is 630 g/mol. The molecule has 1 aromatic heterocycles. The van der Waals surface area contributed by atoms with Crippen LogP contribution in [0, 0.1) is 11.6 Å². The van der Waals surface area contributed by atoms with E-state index in [0.29, 0.717) is 28.6 Å². The van der Waals surface area contributed by atoms with Gasteiger partial charge in [0, 0.05) is 35.7 Å². The zero-order valence-electron chi connectivity index (χ0n) is 21.9. The van der Waals surface area contributed by atoms with Gasteiger partial charge < -0.3 is 24.6 Å². The summed E-state index contributed by atoms with van der Waals surface area (Å²) in [5, 5.41) is 29.1. The van der Waals surface area contributed by atoms with Crippen LogP contribution in [-0.2, 0) is 9.47 Å². The van der Waals surface area contributed by atoms with Gasteiger partial charge in [-0.25, -0.2) is 13.5 Å². The van der Waals surface area contributed by atoms with E-state index in [4.69, 9.17) is 32.7 Å². The van der Waals surface area contributed by atoms with Gasteiger partial charge >= 0.3 is 0 Å². The third-order valence-electron chi connectivity index (χ3n) is 7.25. The topological polar surface area (TPSA) is 110 Å². The summed E-state index contributed by atoms with van der Waals surface area (Å²) in [6, 6.07) is 6.14. The molecule has 2 saturated heterocycles. The van der Waals surface area contributed by atoms with E-state index in [-0.39, 0.29) is 17.2 Å². The lowest BCUT2D eigenvalue weighted by molar-refractivity contribution is -0.186. The van der Waals surface area contributed by atoms with Gasteiger partial charge in [-0.2, -0.15) is 0 Å². The van der Waals surface area contributed by atoms with Crippen LogP contribution >= 0.6 is 35.0 Å². The highest BCUT2D eigenvalue weighted by Crippen LogP contribution is 2.41. The molecule has 5 unspecified atom stereocenters. The van der Waals surface area contributed by atoms with E-state index in [2.05, 4.69) is 10.3 Å². The maximum atomic E-state index is 14.1. The van der Waals surface area contributed by atoms with Crippen LogP contribution in [0.1, 0.15) is 35.7 Å². The lowest BCUT2D eigenvalue weighted by atomic mass is 9.97. The van der Waals surface area contributed by atoms with Crippen molar-refractivity contribution in [3.63, 3.8) is 0 Å². The van der Waals surface area contributed by atoms with Crippen molar-refractivity contribution < 1.29 is 33.3 Å². The number of hydrogen-bond acceptors (Lipinski definition) is 8. The first-order valence-electron chi connectivity index (χ1n) is 13.0. The van der Waals surface area contributed by atoms with Crippen LogP contribution < -0.4 is 0 Å². The molecular formula is C27H28Cl2F2N4O5S. The molecular weight excluding hydrogens is 601 g/mol. The highest BCUT2D eigenvalue weighted by Gasteiger charge is 2.48. The molecule has 220 valence electrons. The van der Waals surface area contributed by atoms with Crippen molar-refractivity contribution in [2.24, 2.45) is 0 Å². The van der Waals surface area contributed by atoms with E-state index in [9.17, 15) is 23.8 Å². The summed E-state index contributed by atoms with van der Waals surface area (Å²) in [6.07, 6.45) is 1.18. The number of nitrogens with zero attached hydrogens (tertiary/aromatic N) is 4. The Morgan fingerprint density at radius 3 is 2.54 bits per heavy atom. The number of thioether (sulfide) groups is 1. The number of aliphatic hydroxyl groups is 2. The fourth-order valence-corrected chi connectivity index (χ4v) is 6.81. The number of amides is 1. The predicted molar refractivity (Wildman–Crippen MR) is 149 cm³/mol. The number of piperidine rings is 1. The molecule has 3 aromatic rings.